The lowest BCUT2D eigenvalue weighted by atomic mass is 9.58. The molecule has 3 saturated heterocycles. The van der Waals surface area contributed by atoms with E-state index in [1.165, 1.54) is 5.56 Å². The number of aliphatic hydroxyl groups excluding tert-OH is 1. The van der Waals surface area contributed by atoms with Gasteiger partial charge in [-0.1, -0.05) is 54.1 Å². The number of likely N-dealkylation sites (tertiary alicyclic amines) is 2. The van der Waals surface area contributed by atoms with E-state index < -0.39 is 25.1 Å². The standard InChI is InChI=1S/C34H41BN2O6/c1-22(16-24-8-5-9-27(39)17-24)10-11-30-31-25(21-38)18-28-32(29(31)19-35(42)43-30)34(41)37(33(28)40)26-12-14-36(15-13-26)20-23-6-3-2-4-7-23/h2-9,16-17,26,28-30,32,38-39,42H,10-15,18-21H2,1H3/b22-16+/t28-,29+,30-,32-/m1/s1. The quantitative estimate of drug-likeness (QED) is 0.244. The fourth-order valence-corrected chi connectivity index (χ4v) is 7.80. The SMILES string of the molecule is C/C(=C\c1cccc(O)c1)CC[C@H]1OB(O)C[C@H]2C1=C(CO)C[C@H]1C(=O)N(C3CCN(Cc4ccccc4)CC3)C(=O)[C@H]12. The first-order valence-corrected chi connectivity index (χ1v) is 15.6. The van der Waals surface area contributed by atoms with Crippen LogP contribution in [-0.2, 0) is 20.8 Å². The highest BCUT2D eigenvalue weighted by atomic mass is 16.5. The molecule has 2 amide bonds. The van der Waals surface area contributed by atoms with Gasteiger partial charge < -0.3 is 19.9 Å². The molecule has 8 nitrogen and oxygen atoms in total. The summed E-state index contributed by atoms with van der Waals surface area (Å²) in [6.45, 7) is 4.33. The van der Waals surface area contributed by atoms with Crippen molar-refractivity contribution in [1.82, 2.24) is 9.80 Å². The zero-order valence-corrected chi connectivity index (χ0v) is 24.8. The summed E-state index contributed by atoms with van der Waals surface area (Å²) in [6.07, 6.45) is 4.93. The van der Waals surface area contributed by atoms with Gasteiger partial charge in [-0.3, -0.25) is 19.4 Å². The molecule has 0 saturated carbocycles. The maximum absolute atomic E-state index is 14.0. The molecule has 4 atom stereocenters. The third-order valence-electron chi connectivity index (χ3n) is 9.79. The fourth-order valence-electron chi connectivity index (χ4n) is 7.80. The van der Waals surface area contributed by atoms with Gasteiger partial charge in [0.25, 0.3) is 0 Å². The summed E-state index contributed by atoms with van der Waals surface area (Å²) >= 11 is 0. The second-order valence-electron chi connectivity index (χ2n) is 12.6. The average Bonchev–Trinajstić information content (AvgIpc) is 3.25. The van der Waals surface area contributed by atoms with Gasteiger partial charge in [0, 0.05) is 25.7 Å². The average molecular weight is 585 g/mol. The van der Waals surface area contributed by atoms with Crippen LogP contribution in [0.25, 0.3) is 6.08 Å². The van der Waals surface area contributed by atoms with E-state index in [0.717, 1.165) is 54.8 Å². The van der Waals surface area contributed by atoms with Crippen LogP contribution in [0.5, 0.6) is 5.75 Å². The van der Waals surface area contributed by atoms with Gasteiger partial charge in [0.2, 0.25) is 11.8 Å². The van der Waals surface area contributed by atoms with Gasteiger partial charge in [-0.15, -0.1) is 0 Å². The van der Waals surface area contributed by atoms with Crippen molar-refractivity contribution in [2.45, 2.75) is 64.0 Å². The summed E-state index contributed by atoms with van der Waals surface area (Å²) in [4.78, 5) is 31.8. The number of aromatic hydroxyl groups is 1. The molecule has 2 aromatic carbocycles. The van der Waals surface area contributed by atoms with Gasteiger partial charge in [-0.05, 0) is 85.7 Å². The summed E-state index contributed by atoms with van der Waals surface area (Å²) in [5.41, 5.74) is 4.92. The Kier molecular flexibility index (Phi) is 8.86. The summed E-state index contributed by atoms with van der Waals surface area (Å²) in [7, 11) is -1.04. The molecule has 9 heteroatoms. The molecule has 3 heterocycles. The smallest absolute Gasteiger partial charge is 0.455 e. The molecule has 3 aliphatic heterocycles. The van der Waals surface area contributed by atoms with Crippen molar-refractivity contribution in [2.24, 2.45) is 17.8 Å². The summed E-state index contributed by atoms with van der Waals surface area (Å²) in [6, 6.07) is 17.3. The molecule has 3 N–H and O–H groups in total. The van der Waals surface area contributed by atoms with E-state index in [1.54, 1.807) is 23.1 Å². The van der Waals surface area contributed by atoms with Gasteiger partial charge >= 0.3 is 7.12 Å². The Morgan fingerprint density at radius 1 is 1.05 bits per heavy atom. The lowest BCUT2D eigenvalue weighted by Crippen LogP contribution is -2.48. The van der Waals surface area contributed by atoms with Crippen molar-refractivity contribution in [2.75, 3.05) is 19.7 Å². The Morgan fingerprint density at radius 3 is 2.53 bits per heavy atom. The second kappa shape index (κ2) is 12.8. The second-order valence-corrected chi connectivity index (χ2v) is 12.6. The molecule has 0 radical (unpaired) electrons. The van der Waals surface area contributed by atoms with E-state index in [9.17, 15) is 24.8 Å². The van der Waals surface area contributed by atoms with Crippen LogP contribution in [0.3, 0.4) is 0 Å². The van der Waals surface area contributed by atoms with Crippen LogP contribution in [-0.4, -0.2) is 75.8 Å². The maximum Gasteiger partial charge on any atom is 0.455 e. The van der Waals surface area contributed by atoms with Crippen LogP contribution in [0.15, 0.2) is 71.3 Å². The third kappa shape index (κ3) is 6.22. The van der Waals surface area contributed by atoms with Gasteiger partial charge in [-0.25, -0.2) is 0 Å². The number of allylic oxidation sites excluding steroid dienone is 1. The highest BCUT2D eigenvalue weighted by Gasteiger charge is 2.58. The maximum atomic E-state index is 14.0. The topological polar surface area (TPSA) is 111 Å². The van der Waals surface area contributed by atoms with Crippen molar-refractivity contribution in [1.29, 1.82) is 0 Å². The lowest BCUT2D eigenvalue weighted by Gasteiger charge is -2.43. The van der Waals surface area contributed by atoms with Gasteiger partial charge in [-0.2, -0.15) is 0 Å². The van der Waals surface area contributed by atoms with E-state index in [4.69, 9.17) is 4.65 Å². The monoisotopic (exact) mass is 584 g/mol. The number of carbonyl (C=O) groups excluding carboxylic acids is 2. The minimum absolute atomic E-state index is 0.121. The van der Waals surface area contributed by atoms with Gasteiger partial charge in [0.05, 0.1) is 24.5 Å². The first-order valence-electron chi connectivity index (χ1n) is 15.6. The molecule has 0 spiro atoms. The van der Waals surface area contributed by atoms with Crippen molar-refractivity contribution in [3.63, 3.8) is 0 Å². The molecule has 2 aromatic rings. The van der Waals surface area contributed by atoms with Crippen LogP contribution in [0.2, 0.25) is 6.32 Å². The molecule has 0 unspecified atom stereocenters. The minimum atomic E-state index is -1.04. The number of hydrogen-bond donors (Lipinski definition) is 3. The number of aliphatic hydroxyl groups is 1. The van der Waals surface area contributed by atoms with Gasteiger partial charge in [0.1, 0.15) is 5.75 Å². The Hall–Kier alpha value is -3.24. The number of hydrogen-bond acceptors (Lipinski definition) is 7. The van der Waals surface area contributed by atoms with Crippen molar-refractivity contribution >= 4 is 25.0 Å². The summed E-state index contributed by atoms with van der Waals surface area (Å²) < 4.78 is 6.03. The zero-order valence-electron chi connectivity index (χ0n) is 24.8. The molecule has 4 aliphatic rings. The molecule has 226 valence electrons. The number of rotatable bonds is 8. The highest BCUT2D eigenvalue weighted by molar-refractivity contribution is 6.43. The fraction of sp³-hybridized carbons (Fsp3) is 0.471. The largest absolute Gasteiger partial charge is 0.508 e. The Labute approximate surface area is 253 Å². The highest BCUT2D eigenvalue weighted by Crippen LogP contribution is 2.51. The van der Waals surface area contributed by atoms with Crippen molar-refractivity contribution in [3.8, 4) is 5.75 Å². The number of benzene rings is 2. The number of carbonyl (C=O) groups is 2. The van der Waals surface area contributed by atoms with E-state index in [-0.39, 0.29) is 42.5 Å². The first kappa shape index (κ1) is 29.8. The predicted molar refractivity (Wildman–Crippen MR) is 164 cm³/mol. The van der Waals surface area contributed by atoms with Crippen LogP contribution in [0.1, 0.15) is 50.2 Å². The zero-order chi connectivity index (χ0) is 30.1. The number of piperidine rings is 1. The number of nitrogens with zero attached hydrogens (tertiary/aromatic N) is 2. The van der Waals surface area contributed by atoms with E-state index in [0.29, 0.717) is 19.3 Å². The summed E-state index contributed by atoms with van der Waals surface area (Å²) in [5.74, 6) is -1.38. The number of phenolic OH excluding ortho intramolecular Hbond substituents is 1. The van der Waals surface area contributed by atoms with Gasteiger partial charge in [0.15, 0.2) is 0 Å². The number of imide groups is 1. The Morgan fingerprint density at radius 2 is 1.81 bits per heavy atom. The molecular formula is C34H41BN2O6. The molecule has 0 aromatic heterocycles. The first-order chi connectivity index (χ1) is 20.8. The number of fused-ring (bicyclic) bond motifs is 3. The van der Waals surface area contributed by atoms with E-state index >= 15 is 0 Å². The number of phenols is 1. The molecule has 3 fully saturated rings. The van der Waals surface area contributed by atoms with Crippen LogP contribution < -0.4 is 0 Å². The Bertz CT molecular complexity index is 1400. The van der Waals surface area contributed by atoms with Crippen LogP contribution in [0, 0.1) is 17.8 Å². The predicted octanol–water partition coefficient (Wildman–Crippen LogP) is 4.03. The van der Waals surface area contributed by atoms with E-state index in [1.807, 2.05) is 37.3 Å². The Balaban J connectivity index is 1.16. The lowest BCUT2D eigenvalue weighted by molar-refractivity contribution is -0.144. The van der Waals surface area contributed by atoms with Crippen LogP contribution >= 0.6 is 0 Å². The van der Waals surface area contributed by atoms with Crippen molar-refractivity contribution in [3.05, 3.63) is 82.4 Å². The molecule has 0 bridgehead atoms. The van der Waals surface area contributed by atoms with Crippen molar-refractivity contribution < 1.29 is 29.5 Å². The third-order valence-corrected chi connectivity index (χ3v) is 9.79. The molecule has 6 rings (SSSR count). The van der Waals surface area contributed by atoms with E-state index in [2.05, 4.69) is 17.0 Å². The minimum Gasteiger partial charge on any atom is -0.508 e. The number of amides is 2. The van der Waals surface area contributed by atoms with Crippen LogP contribution in [0.4, 0.5) is 0 Å². The normalized spacial score (nSPS) is 27.1. The molecular weight excluding hydrogens is 543 g/mol. The summed E-state index contributed by atoms with van der Waals surface area (Å²) in [5, 5.41) is 31.0. The molecule has 1 aliphatic carbocycles. The molecule has 43 heavy (non-hydrogen) atoms.